The van der Waals surface area contributed by atoms with E-state index in [1.165, 1.54) is 23.9 Å². The summed E-state index contributed by atoms with van der Waals surface area (Å²) in [4.78, 5) is 25.3. The highest BCUT2D eigenvalue weighted by atomic mass is 32.2. The van der Waals surface area contributed by atoms with Crippen LogP contribution in [0.4, 0.5) is 5.95 Å². The molecule has 6 N–H and O–H groups in total. The summed E-state index contributed by atoms with van der Waals surface area (Å²) in [6.07, 6.45) is 0.693. The number of sulfonamides is 1. The smallest absolute Gasteiger partial charge is 0.278 e. The van der Waals surface area contributed by atoms with Gasteiger partial charge in [0.15, 0.2) is 16.3 Å². The first-order valence-electron chi connectivity index (χ1n) is 6.83. The van der Waals surface area contributed by atoms with Crippen LogP contribution in [0.15, 0.2) is 39.1 Å². The van der Waals surface area contributed by atoms with Crippen molar-refractivity contribution in [1.82, 2.24) is 19.9 Å². The fraction of sp³-hybridized carbons (Fsp3) is 0.154. The molecule has 24 heavy (non-hydrogen) atoms. The summed E-state index contributed by atoms with van der Waals surface area (Å²) in [6.45, 7) is 0. The highest BCUT2D eigenvalue weighted by molar-refractivity contribution is 7.99. The predicted octanol–water partition coefficient (Wildman–Crippen LogP) is 0.211. The van der Waals surface area contributed by atoms with Crippen molar-refractivity contribution in [3.63, 3.8) is 0 Å². The Morgan fingerprint density at radius 3 is 2.50 bits per heavy atom. The first-order chi connectivity index (χ1) is 11.3. The van der Waals surface area contributed by atoms with Gasteiger partial charge in [-0.3, -0.25) is 9.78 Å². The van der Waals surface area contributed by atoms with E-state index in [4.69, 9.17) is 10.9 Å². The van der Waals surface area contributed by atoms with E-state index in [9.17, 15) is 13.2 Å². The van der Waals surface area contributed by atoms with Crippen LogP contribution in [-0.4, -0.2) is 34.1 Å². The van der Waals surface area contributed by atoms with Crippen LogP contribution >= 0.6 is 11.8 Å². The number of aryl methyl sites for hydroxylation is 1. The topological polar surface area (TPSA) is 161 Å². The van der Waals surface area contributed by atoms with Crippen molar-refractivity contribution in [2.45, 2.75) is 16.5 Å². The lowest BCUT2D eigenvalue weighted by molar-refractivity contribution is 0.598. The molecule has 2 aromatic heterocycles. The molecular weight excluding hydrogens is 352 g/mol. The van der Waals surface area contributed by atoms with Gasteiger partial charge in [0.1, 0.15) is 0 Å². The number of imidazole rings is 1. The van der Waals surface area contributed by atoms with Crippen molar-refractivity contribution in [2.24, 2.45) is 5.14 Å². The Kier molecular flexibility index (Phi) is 4.30. The Morgan fingerprint density at radius 2 is 1.83 bits per heavy atom. The number of nitrogens with two attached hydrogens (primary N) is 2. The number of hydrogen-bond acceptors (Lipinski definition) is 7. The lowest BCUT2D eigenvalue weighted by atomic mass is 10.2. The molecule has 0 atom stereocenters. The third kappa shape index (κ3) is 3.58. The molecule has 3 rings (SSSR count). The van der Waals surface area contributed by atoms with Crippen LogP contribution in [0, 0.1) is 0 Å². The van der Waals surface area contributed by atoms with Crippen molar-refractivity contribution in [2.75, 3.05) is 11.5 Å². The number of fused-ring (bicyclic) bond motifs is 1. The number of nitrogens with one attached hydrogen (secondary N) is 2. The zero-order chi connectivity index (χ0) is 17.3. The summed E-state index contributed by atoms with van der Waals surface area (Å²) in [6, 6.07) is 6.38. The van der Waals surface area contributed by atoms with Gasteiger partial charge in [0.05, 0.1) is 4.90 Å². The lowest BCUT2D eigenvalue weighted by Crippen LogP contribution is -2.11. The van der Waals surface area contributed by atoms with Gasteiger partial charge in [-0.15, -0.1) is 0 Å². The van der Waals surface area contributed by atoms with Crippen molar-refractivity contribution in [1.29, 1.82) is 0 Å². The molecule has 0 aliphatic carbocycles. The maximum atomic E-state index is 11.7. The Balaban J connectivity index is 1.66. The SMILES string of the molecule is Nc1nc2nc(SCCc3ccc(S(N)(=O)=O)cc3)[nH]c2c(=O)[nH]1. The van der Waals surface area contributed by atoms with E-state index in [-0.39, 0.29) is 27.6 Å². The molecule has 126 valence electrons. The molecule has 0 aliphatic rings. The number of rotatable bonds is 5. The Labute approximate surface area is 140 Å². The lowest BCUT2D eigenvalue weighted by Gasteiger charge is -2.02. The third-order valence-electron chi connectivity index (χ3n) is 3.24. The van der Waals surface area contributed by atoms with Gasteiger partial charge in [0, 0.05) is 5.75 Å². The van der Waals surface area contributed by atoms with E-state index in [1.54, 1.807) is 12.1 Å². The van der Waals surface area contributed by atoms with Crippen molar-refractivity contribution in [3.05, 3.63) is 40.2 Å². The van der Waals surface area contributed by atoms with E-state index in [1.807, 2.05) is 0 Å². The zero-order valence-corrected chi connectivity index (χ0v) is 13.9. The maximum absolute atomic E-state index is 11.7. The number of aromatic amines is 2. The number of hydrogen-bond donors (Lipinski definition) is 4. The highest BCUT2D eigenvalue weighted by Crippen LogP contribution is 2.18. The number of H-pyrrole nitrogens is 2. The largest absolute Gasteiger partial charge is 0.369 e. The maximum Gasteiger partial charge on any atom is 0.278 e. The van der Waals surface area contributed by atoms with Gasteiger partial charge in [0.25, 0.3) is 5.56 Å². The molecular formula is C13H14N6O3S2. The number of nitrogen functional groups attached to an aromatic ring is 1. The van der Waals surface area contributed by atoms with Crippen LogP contribution in [0.2, 0.25) is 0 Å². The first kappa shape index (κ1) is 16.5. The molecule has 3 aromatic rings. The standard InChI is InChI=1S/C13H14N6O3S2/c14-12-17-10-9(11(20)19-12)16-13(18-10)23-6-5-7-1-3-8(4-2-7)24(15,21)22/h1-4H,5-6H2,(H2,15,21,22)(H4,14,16,17,18,19,20). The Hall–Kier alpha value is -2.37. The van der Waals surface area contributed by atoms with E-state index < -0.39 is 10.0 Å². The van der Waals surface area contributed by atoms with Gasteiger partial charge in [-0.25, -0.2) is 18.5 Å². The quantitative estimate of drug-likeness (QED) is 0.469. The molecule has 9 nitrogen and oxygen atoms in total. The number of thioether (sulfide) groups is 1. The monoisotopic (exact) mass is 366 g/mol. The third-order valence-corrected chi connectivity index (χ3v) is 5.04. The second kappa shape index (κ2) is 6.26. The summed E-state index contributed by atoms with van der Waals surface area (Å²) in [5.41, 5.74) is 6.63. The van der Waals surface area contributed by atoms with Crippen LogP contribution in [0.25, 0.3) is 11.2 Å². The summed E-state index contributed by atoms with van der Waals surface area (Å²) in [5, 5.41) is 5.62. The van der Waals surface area contributed by atoms with Crippen molar-refractivity contribution in [3.8, 4) is 0 Å². The molecule has 0 saturated carbocycles. The minimum atomic E-state index is -3.68. The van der Waals surface area contributed by atoms with Gasteiger partial charge in [0.2, 0.25) is 16.0 Å². The molecule has 0 amide bonds. The summed E-state index contributed by atoms with van der Waals surface area (Å²) < 4.78 is 22.4. The molecule has 2 heterocycles. The molecule has 0 radical (unpaired) electrons. The van der Waals surface area contributed by atoms with Gasteiger partial charge in [-0.1, -0.05) is 23.9 Å². The normalized spacial score (nSPS) is 11.9. The van der Waals surface area contributed by atoms with Gasteiger partial charge in [-0.05, 0) is 24.1 Å². The number of aromatic nitrogens is 4. The number of benzene rings is 1. The number of anilines is 1. The van der Waals surface area contributed by atoms with Crippen LogP contribution in [0.5, 0.6) is 0 Å². The van der Waals surface area contributed by atoms with Gasteiger partial charge < -0.3 is 10.7 Å². The highest BCUT2D eigenvalue weighted by Gasteiger charge is 2.10. The van der Waals surface area contributed by atoms with Crippen molar-refractivity contribution < 1.29 is 8.42 Å². The zero-order valence-electron chi connectivity index (χ0n) is 12.3. The molecule has 0 aliphatic heterocycles. The van der Waals surface area contributed by atoms with Gasteiger partial charge in [-0.2, -0.15) is 4.98 Å². The minimum absolute atomic E-state index is 0.0190. The molecule has 11 heteroatoms. The van der Waals surface area contributed by atoms with Crippen LogP contribution in [0.1, 0.15) is 5.56 Å². The van der Waals surface area contributed by atoms with E-state index in [0.717, 1.165) is 5.56 Å². The Morgan fingerprint density at radius 1 is 1.12 bits per heavy atom. The predicted molar refractivity (Wildman–Crippen MR) is 91.2 cm³/mol. The second-order valence-electron chi connectivity index (χ2n) is 4.98. The first-order valence-corrected chi connectivity index (χ1v) is 9.36. The fourth-order valence-corrected chi connectivity index (χ4v) is 3.45. The molecule has 0 fully saturated rings. The average Bonchev–Trinajstić information content (AvgIpc) is 2.90. The van der Waals surface area contributed by atoms with Crippen LogP contribution in [0.3, 0.4) is 0 Å². The molecule has 0 unspecified atom stereocenters. The van der Waals surface area contributed by atoms with E-state index >= 15 is 0 Å². The summed E-state index contributed by atoms with van der Waals surface area (Å²) in [7, 11) is -3.68. The molecule has 0 saturated heterocycles. The Bertz CT molecular complexity index is 1040. The second-order valence-corrected chi connectivity index (χ2v) is 7.62. The average molecular weight is 366 g/mol. The van der Waals surface area contributed by atoms with Crippen molar-refractivity contribution >= 4 is 38.9 Å². The van der Waals surface area contributed by atoms with Crippen LogP contribution in [-0.2, 0) is 16.4 Å². The van der Waals surface area contributed by atoms with Gasteiger partial charge >= 0.3 is 0 Å². The summed E-state index contributed by atoms with van der Waals surface area (Å²) >= 11 is 1.42. The van der Waals surface area contributed by atoms with E-state index in [0.29, 0.717) is 17.3 Å². The molecule has 0 spiro atoms. The minimum Gasteiger partial charge on any atom is -0.369 e. The van der Waals surface area contributed by atoms with E-state index in [2.05, 4.69) is 19.9 Å². The molecule has 0 bridgehead atoms. The number of primary sulfonamides is 1. The fourth-order valence-electron chi connectivity index (χ4n) is 2.08. The summed E-state index contributed by atoms with van der Waals surface area (Å²) in [5.74, 6) is 0.701. The number of nitrogens with zero attached hydrogens (tertiary/aromatic N) is 2. The van der Waals surface area contributed by atoms with Crippen LogP contribution < -0.4 is 16.4 Å². The molecule has 1 aromatic carbocycles.